The molecule has 0 N–H and O–H groups in total. The van der Waals surface area contributed by atoms with Crippen molar-refractivity contribution >= 4 is 17.3 Å². The van der Waals surface area contributed by atoms with Crippen LogP contribution < -0.4 is 0 Å². The molecule has 0 spiro atoms. The Morgan fingerprint density at radius 3 is 2.13 bits per heavy atom. The number of hydrogen-bond acceptors (Lipinski definition) is 4. The molecule has 0 aromatic heterocycles. The predicted molar refractivity (Wildman–Crippen MR) is 88.9 cm³/mol. The zero-order chi connectivity index (χ0) is 17.4. The highest BCUT2D eigenvalue weighted by Crippen LogP contribution is 2.16. The van der Waals surface area contributed by atoms with Gasteiger partial charge >= 0.3 is 0 Å². The van der Waals surface area contributed by atoms with E-state index in [1.165, 1.54) is 0 Å². The number of carbonyl (C=O) groups is 3. The van der Waals surface area contributed by atoms with Crippen molar-refractivity contribution in [2.75, 3.05) is 6.61 Å². The maximum atomic E-state index is 12.3. The molecule has 0 saturated carbocycles. The molecule has 0 fully saturated rings. The number of Topliss-reactive ketones (excluding diaryl/α,β-unsaturated/α-hetero) is 3. The second-order valence-corrected chi connectivity index (χ2v) is 5.97. The number of carbonyl (C=O) groups excluding carboxylic acids is 3. The van der Waals surface area contributed by atoms with Crippen molar-refractivity contribution in [3.05, 3.63) is 35.9 Å². The van der Waals surface area contributed by atoms with Gasteiger partial charge in [0.2, 0.25) is 0 Å². The van der Waals surface area contributed by atoms with Crippen LogP contribution in [0.1, 0.15) is 39.7 Å². The van der Waals surface area contributed by atoms with Crippen molar-refractivity contribution in [3.8, 4) is 0 Å². The molecule has 0 heterocycles. The first kappa shape index (κ1) is 19.2. The molecule has 1 aromatic rings. The second kappa shape index (κ2) is 9.36. The van der Waals surface area contributed by atoms with Crippen LogP contribution in [0.15, 0.2) is 30.3 Å². The molecule has 0 saturated heterocycles. The summed E-state index contributed by atoms with van der Waals surface area (Å²) in [6.07, 6.45) is 0.309. The average molecular weight is 318 g/mol. The Labute approximate surface area is 138 Å². The molecule has 0 aliphatic heterocycles. The van der Waals surface area contributed by atoms with Crippen molar-refractivity contribution < 1.29 is 19.1 Å². The fourth-order valence-corrected chi connectivity index (χ4v) is 2.42. The Bertz CT molecular complexity index is 536. The van der Waals surface area contributed by atoms with Gasteiger partial charge in [0.1, 0.15) is 11.6 Å². The van der Waals surface area contributed by atoms with Gasteiger partial charge in [-0.15, -0.1) is 0 Å². The van der Waals surface area contributed by atoms with E-state index in [-0.39, 0.29) is 29.9 Å². The van der Waals surface area contributed by atoms with Crippen LogP contribution in [0.5, 0.6) is 0 Å². The first-order valence-corrected chi connectivity index (χ1v) is 8.10. The average Bonchev–Trinajstić information content (AvgIpc) is 2.59. The van der Waals surface area contributed by atoms with Gasteiger partial charge in [-0.2, -0.15) is 0 Å². The largest absolute Gasteiger partial charge is 0.376 e. The lowest BCUT2D eigenvalue weighted by atomic mass is 9.85. The molecule has 4 nitrogen and oxygen atoms in total. The van der Waals surface area contributed by atoms with Crippen LogP contribution >= 0.6 is 0 Å². The van der Waals surface area contributed by atoms with Gasteiger partial charge in [0.05, 0.1) is 25.0 Å². The van der Waals surface area contributed by atoms with Crippen LogP contribution in [0.25, 0.3) is 0 Å². The summed E-state index contributed by atoms with van der Waals surface area (Å²) in [6.45, 7) is 7.33. The van der Waals surface area contributed by atoms with Crippen molar-refractivity contribution in [1.29, 1.82) is 0 Å². The van der Waals surface area contributed by atoms with Crippen LogP contribution in [-0.4, -0.2) is 24.0 Å². The molecule has 3 atom stereocenters. The van der Waals surface area contributed by atoms with Crippen LogP contribution in [0.3, 0.4) is 0 Å². The molecule has 1 aromatic carbocycles. The number of benzene rings is 1. The van der Waals surface area contributed by atoms with Gasteiger partial charge in [0.25, 0.3) is 0 Å². The third-order valence-corrected chi connectivity index (χ3v) is 4.08. The number of ketones is 3. The first-order valence-electron chi connectivity index (χ1n) is 8.10. The summed E-state index contributed by atoms with van der Waals surface area (Å²) in [6, 6.07) is 9.70. The van der Waals surface area contributed by atoms with E-state index in [4.69, 9.17) is 4.74 Å². The van der Waals surface area contributed by atoms with Crippen molar-refractivity contribution in [3.63, 3.8) is 0 Å². The van der Waals surface area contributed by atoms with E-state index in [0.717, 1.165) is 5.56 Å². The van der Waals surface area contributed by atoms with Gasteiger partial charge < -0.3 is 4.74 Å². The number of rotatable bonds is 10. The maximum absolute atomic E-state index is 12.3. The van der Waals surface area contributed by atoms with E-state index >= 15 is 0 Å². The molecular formula is C19H26O4. The fourth-order valence-electron chi connectivity index (χ4n) is 2.42. The monoisotopic (exact) mass is 318 g/mol. The molecule has 126 valence electrons. The van der Waals surface area contributed by atoms with E-state index in [1.807, 2.05) is 30.3 Å². The minimum atomic E-state index is -0.768. The molecular weight excluding hydrogens is 292 g/mol. The standard InChI is InChI=1S/C19H26O4/c1-5-17(20)14(3)19(22)15(4)18(21)13(2)11-23-12-16-9-7-6-8-10-16/h6-10,13-15H,5,11-12H2,1-4H3/t13-,14?,15?/m1/s1. The normalized spacial score (nSPS) is 14.8. The highest BCUT2D eigenvalue weighted by Gasteiger charge is 2.31. The van der Waals surface area contributed by atoms with E-state index in [0.29, 0.717) is 13.0 Å². The van der Waals surface area contributed by atoms with Gasteiger partial charge in [-0.05, 0) is 19.4 Å². The zero-order valence-corrected chi connectivity index (χ0v) is 14.4. The van der Waals surface area contributed by atoms with Gasteiger partial charge in [-0.25, -0.2) is 0 Å². The molecule has 0 aliphatic carbocycles. The van der Waals surface area contributed by atoms with Gasteiger partial charge in [-0.3, -0.25) is 14.4 Å². The summed E-state index contributed by atoms with van der Waals surface area (Å²) < 4.78 is 5.56. The van der Waals surface area contributed by atoms with Crippen LogP contribution in [0.4, 0.5) is 0 Å². The fraction of sp³-hybridized carbons (Fsp3) is 0.526. The highest BCUT2D eigenvalue weighted by atomic mass is 16.5. The Morgan fingerprint density at radius 1 is 0.957 bits per heavy atom. The summed E-state index contributed by atoms with van der Waals surface area (Å²) >= 11 is 0. The minimum Gasteiger partial charge on any atom is -0.376 e. The maximum Gasteiger partial charge on any atom is 0.153 e. The molecule has 2 unspecified atom stereocenters. The summed E-state index contributed by atoms with van der Waals surface area (Å²) in [5, 5.41) is 0. The van der Waals surface area contributed by atoms with Crippen molar-refractivity contribution in [2.24, 2.45) is 17.8 Å². The predicted octanol–water partition coefficient (Wildman–Crippen LogP) is 3.23. The zero-order valence-electron chi connectivity index (χ0n) is 14.4. The Morgan fingerprint density at radius 2 is 1.57 bits per heavy atom. The van der Waals surface area contributed by atoms with E-state index < -0.39 is 11.8 Å². The number of ether oxygens (including phenoxy) is 1. The lowest BCUT2D eigenvalue weighted by molar-refractivity contribution is -0.139. The van der Waals surface area contributed by atoms with Crippen LogP contribution in [0.2, 0.25) is 0 Å². The third-order valence-electron chi connectivity index (χ3n) is 4.08. The summed E-state index contributed by atoms with van der Waals surface area (Å²) in [5.41, 5.74) is 1.04. The third kappa shape index (κ3) is 5.71. The SMILES string of the molecule is CCC(=O)C(C)C(=O)C(C)C(=O)[C@H](C)COCc1ccccc1. The van der Waals surface area contributed by atoms with E-state index in [1.54, 1.807) is 27.7 Å². The van der Waals surface area contributed by atoms with E-state index in [9.17, 15) is 14.4 Å². The van der Waals surface area contributed by atoms with Crippen LogP contribution in [-0.2, 0) is 25.7 Å². The molecule has 0 aliphatic rings. The molecule has 4 heteroatoms. The molecule has 23 heavy (non-hydrogen) atoms. The molecule has 0 radical (unpaired) electrons. The summed E-state index contributed by atoms with van der Waals surface area (Å²) in [5.74, 6) is -2.44. The van der Waals surface area contributed by atoms with Crippen LogP contribution in [0, 0.1) is 17.8 Å². The Hall–Kier alpha value is -1.81. The van der Waals surface area contributed by atoms with Gasteiger partial charge in [0.15, 0.2) is 5.78 Å². The number of hydrogen-bond donors (Lipinski definition) is 0. The Kier molecular flexibility index (Phi) is 7.83. The second-order valence-electron chi connectivity index (χ2n) is 5.97. The molecule has 1 rings (SSSR count). The smallest absolute Gasteiger partial charge is 0.153 e. The minimum absolute atomic E-state index is 0.123. The molecule has 0 amide bonds. The lowest BCUT2D eigenvalue weighted by Gasteiger charge is -2.18. The van der Waals surface area contributed by atoms with E-state index in [2.05, 4.69) is 0 Å². The Balaban J connectivity index is 2.48. The van der Waals surface area contributed by atoms with Crippen molar-refractivity contribution in [1.82, 2.24) is 0 Å². The van der Waals surface area contributed by atoms with Crippen molar-refractivity contribution in [2.45, 2.75) is 40.7 Å². The summed E-state index contributed by atoms with van der Waals surface area (Å²) in [4.78, 5) is 36.2. The quantitative estimate of drug-likeness (QED) is 0.621. The lowest BCUT2D eigenvalue weighted by Crippen LogP contribution is -2.34. The summed E-state index contributed by atoms with van der Waals surface area (Å²) in [7, 11) is 0. The first-order chi connectivity index (χ1) is 10.9. The van der Waals surface area contributed by atoms with Gasteiger partial charge in [0, 0.05) is 12.3 Å². The highest BCUT2D eigenvalue weighted by molar-refractivity contribution is 6.11. The molecule has 0 bridgehead atoms. The van der Waals surface area contributed by atoms with Gasteiger partial charge in [-0.1, -0.05) is 44.2 Å². The topological polar surface area (TPSA) is 60.4 Å².